The Morgan fingerprint density at radius 3 is 2.41 bits per heavy atom. The minimum Gasteiger partial charge on any atom is -0.318 e. The number of carbonyl (C=O) groups excluding carboxylic acids is 1. The lowest BCUT2D eigenvalue weighted by molar-refractivity contribution is -0.384. The summed E-state index contributed by atoms with van der Waals surface area (Å²) in [5.74, 6) is -0.145. The van der Waals surface area contributed by atoms with Crippen LogP contribution in [0.25, 0.3) is 5.69 Å². The molecule has 0 radical (unpaired) electrons. The molecule has 0 saturated heterocycles. The molecule has 0 atom stereocenters. The van der Waals surface area contributed by atoms with Gasteiger partial charge in [0, 0.05) is 49.4 Å². The number of hydrogen-bond donors (Lipinski definition) is 1. The smallest absolute Gasteiger partial charge is 0.269 e. The van der Waals surface area contributed by atoms with Crippen LogP contribution in [0.2, 0.25) is 0 Å². The molecule has 7 nitrogen and oxygen atoms in total. The van der Waals surface area contributed by atoms with E-state index in [1.165, 1.54) is 12.1 Å². The summed E-state index contributed by atoms with van der Waals surface area (Å²) in [5, 5.41) is 16.9. The number of nitro groups is 1. The zero-order valence-electron chi connectivity index (χ0n) is 18.6. The molecule has 0 aliphatic rings. The van der Waals surface area contributed by atoms with E-state index in [-0.39, 0.29) is 11.6 Å². The number of nitrogens with zero attached hydrogens (tertiary/aromatic N) is 3. The first-order valence-corrected chi connectivity index (χ1v) is 12.2. The van der Waals surface area contributed by atoms with Gasteiger partial charge in [-0.25, -0.2) is 5.43 Å². The minimum atomic E-state index is -0.400. The highest BCUT2D eigenvalue weighted by atomic mass is 32.2. The van der Waals surface area contributed by atoms with Crippen LogP contribution in [0.1, 0.15) is 21.8 Å². The predicted octanol–water partition coefficient (Wildman–Crippen LogP) is 5.91. The number of nitro benzene ring substituents is 1. The van der Waals surface area contributed by atoms with E-state index in [2.05, 4.69) is 15.1 Å². The molecule has 4 aromatic rings. The third-order valence-corrected chi connectivity index (χ3v) is 7.05. The first-order chi connectivity index (χ1) is 16.4. The Balaban J connectivity index is 1.42. The van der Waals surface area contributed by atoms with E-state index < -0.39 is 4.92 Å². The topological polar surface area (TPSA) is 89.5 Å². The minimum absolute atomic E-state index is 0.0830. The van der Waals surface area contributed by atoms with Gasteiger partial charge in [0.15, 0.2) is 0 Å². The highest BCUT2D eigenvalue weighted by Gasteiger charge is 2.11. The molecule has 1 N–H and O–H groups in total. The van der Waals surface area contributed by atoms with Crippen molar-refractivity contribution < 1.29 is 9.72 Å². The summed E-state index contributed by atoms with van der Waals surface area (Å²) in [6.45, 7) is 4.04. The zero-order valence-corrected chi connectivity index (χ0v) is 20.2. The van der Waals surface area contributed by atoms with Gasteiger partial charge >= 0.3 is 0 Å². The fourth-order valence-corrected chi connectivity index (χ4v) is 5.06. The molecule has 34 heavy (non-hydrogen) atoms. The molecule has 2 aromatic carbocycles. The summed E-state index contributed by atoms with van der Waals surface area (Å²) < 4.78 is 2.13. The average Bonchev–Trinajstić information content (AvgIpc) is 3.42. The van der Waals surface area contributed by atoms with Gasteiger partial charge in [-0.1, -0.05) is 17.8 Å². The van der Waals surface area contributed by atoms with E-state index in [1.807, 2.05) is 61.7 Å². The second-order valence-corrected chi connectivity index (χ2v) is 9.74. The molecule has 4 rings (SSSR count). The Labute approximate surface area is 205 Å². The van der Waals surface area contributed by atoms with Gasteiger partial charge in [0.25, 0.3) is 5.69 Å². The number of non-ortho nitro benzene ring substituents is 1. The molecule has 2 heterocycles. The maximum Gasteiger partial charge on any atom is 0.269 e. The van der Waals surface area contributed by atoms with Crippen LogP contribution in [-0.2, 0) is 11.2 Å². The van der Waals surface area contributed by atoms with Gasteiger partial charge in [0.05, 0.1) is 17.6 Å². The number of aryl methyl sites for hydroxylation is 1. The van der Waals surface area contributed by atoms with Gasteiger partial charge in [0.2, 0.25) is 5.91 Å². The van der Waals surface area contributed by atoms with Crippen molar-refractivity contribution in [2.24, 2.45) is 5.10 Å². The molecule has 0 aliphatic heterocycles. The van der Waals surface area contributed by atoms with Crippen LogP contribution in [0.4, 0.5) is 5.69 Å². The SMILES string of the molecule is Cc1cc(/C=N\NC(=O)Cc2cccs2)c(C)n1-c1ccc(Sc2ccc([N+](=O)[O-])cc2)cc1. The van der Waals surface area contributed by atoms with Crippen LogP contribution in [0.3, 0.4) is 0 Å². The number of hydrazone groups is 1. The van der Waals surface area contributed by atoms with Crippen LogP contribution >= 0.6 is 23.1 Å². The maximum absolute atomic E-state index is 12.0. The van der Waals surface area contributed by atoms with E-state index in [0.717, 1.165) is 37.3 Å². The van der Waals surface area contributed by atoms with Crippen molar-refractivity contribution in [2.45, 2.75) is 30.1 Å². The summed E-state index contributed by atoms with van der Waals surface area (Å²) in [7, 11) is 0. The Kier molecular flexibility index (Phi) is 7.24. The molecule has 1 amide bonds. The Hall–Kier alpha value is -3.69. The van der Waals surface area contributed by atoms with Gasteiger partial charge in [0.1, 0.15) is 0 Å². The molecule has 0 aliphatic carbocycles. The fourth-order valence-electron chi connectivity index (χ4n) is 3.54. The molecule has 0 spiro atoms. The van der Waals surface area contributed by atoms with Gasteiger partial charge < -0.3 is 4.57 Å². The molecule has 0 fully saturated rings. The number of carbonyl (C=O) groups is 1. The lowest BCUT2D eigenvalue weighted by Gasteiger charge is -2.10. The first kappa shape index (κ1) is 23.5. The third-order valence-electron chi connectivity index (χ3n) is 5.16. The summed E-state index contributed by atoms with van der Waals surface area (Å²) in [6, 6.07) is 20.5. The predicted molar refractivity (Wildman–Crippen MR) is 136 cm³/mol. The molecule has 0 saturated carbocycles. The van der Waals surface area contributed by atoms with Gasteiger partial charge in [-0.3, -0.25) is 14.9 Å². The normalized spacial score (nSPS) is 11.1. The van der Waals surface area contributed by atoms with E-state index in [1.54, 1.807) is 41.4 Å². The molecule has 0 unspecified atom stereocenters. The number of hydrogen-bond acceptors (Lipinski definition) is 6. The van der Waals surface area contributed by atoms with Crippen LogP contribution in [0.15, 0.2) is 87.0 Å². The standard InChI is InChI=1S/C25H22N4O3S2/c1-17-14-19(16-26-27-25(30)15-24-4-3-13-33-24)18(2)28(17)20-5-9-22(10-6-20)34-23-11-7-21(8-12-23)29(31)32/h3-14,16H,15H2,1-2H3,(H,27,30)/b26-16-. The average molecular weight is 491 g/mol. The van der Waals surface area contributed by atoms with Crippen molar-refractivity contribution in [1.82, 2.24) is 9.99 Å². The molecule has 0 bridgehead atoms. The van der Waals surface area contributed by atoms with E-state index in [4.69, 9.17) is 0 Å². The monoisotopic (exact) mass is 490 g/mol. The lowest BCUT2D eigenvalue weighted by Crippen LogP contribution is -2.19. The van der Waals surface area contributed by atoms with Crippen molar-refractivity contribution in [2.75, 3.05) is 0 Å². The Morgan fingerprint density at radius 1 is 1.12 bits per heavy atom. The van der Waals surface area contributed by atoms with Gasteiger partial charge in [-0.2, -0.15) is 5.10 Å². The summed E-state index contributed by atoms with van der Waals surface area (Å²) >= 11 is 3.10. The van der Waals surface area contributed by atoms with Crippen molar-refractivity contribution in [3.8, 4) is 5.69 Å². The molecule has 9 heteroatoms. The number of rotatable bonds is 8. The van der Waals surface area contributed by atoms with Crippen LogP contribution in [0.5, 0.6) is 0 Å². The van der Waals surface area contributed by atoms with E-state index in [9.17, 15) is 14.9 Å². The summed E-state index contributed by atoms with van der Waals surface area (Å²) in [5.41, 5.74) is 6.70. The largest absolute Gasteiger partial charge is 0.318 e. The van der Waals surface area contributed by atoms with Crippen molar-refractivity contribution >= 4 is 40.9 Å². The Morgan fingerprint density at radius 2 is 1.79 bits per heavy atom. The van der Waals surface area contributed by atoms with Crippen molar-refractivity contribution in [1.29, 1.82) is 0 Å². The fraction of sp³-hybridized carbons (Fsp3) is 0.120. The van der Waals surface area contributed by atoms with E-state index in [0.29, 0.717) is 6.42 Å². The number of nitrogens with one attached hydrogen (secondary N) is 1. The summed E-state index contributed by atoms with van der Waals surface area (Å²) in [6.07, 6.45) is 1.99. The number of amides is 1. The molecule has 2 aromatic heterocycles. The quantitative estimate of drug-likeness (QED) is 0.189. The second kappa shape index (κ2) is 10.5. The van der Waals surface area contributed by atoms with Crippen LogP contribution in [-0.4, -0.2) is 21.6 Å². The first-order valence-electron chi connectivity index (χ1n) is 10.5. The van der Waals surface area contributed by atoms with Crippen LogP contribution < -0.4 is 5.43 Å². The van der Waals surface area contributed by atoms with Crippen molar-refractivity contribution in [3.63, 3.8) is 0 Å². The van der Waals surface area contributed by atoms with Gasteiger partial charge in [-0.05, 0) is 67.8 Å². The zero-order chi connectivity index (χ0) is 24.1. The van der Waals surface area contributed by atoms with Gasteiger partial charge in [-0.15, -0.1) is 11.3 Å². The Bertz CT molecular complexity index is 1330. The number of benzene rings is 2. The van der Waals surface area contributed by atoms with Crippen molar-refractivity contribution in [3.05, 3.63) is 104 Å². The van der Waals surface area contributed by atoms with Crippen LogP contribution in [0, 0.1) is 24.0 Å². The highest BCUT2D eigenvalue weighted by molar-refractivity contribution is 7.99. The number of aromatic nitrogens is 1. The highest BCUT2D eigenvalue weighted by Crippen LogP contribution is 2.30. The lowest BCUT2D eigenvalue weighted by atomic mass is 10.2. The second-order valence-electron chi connectivity index (χ2n) is 7.56. The maximum atomic E-state index is 12.0. The summed E-state index contributed by atoms with van der Waals surface area (Å²) in [4.78, 5) is 25.4. The molecule has 172 valence electrons. The number of thiophene rings is 1. The molecular formula is C25H22N4O3S2. The molecular weight excluding hydrogens is 468 g/mol. The third kappa shape index (κ3) is 5.62. The van der Waals surface area contributed by atoms with E-state index >= 15 is 0 Å².